The molecule has 0 atom stereocenters. The molecule has 0 spiro atoms. The molecule has 5 heteroatoms. The van der Waals surface area contributed by atoms with Crippen LogP contribution in [0.5, 0.6) is 0 Å². The number of rotatable bonds is 2. The zero-order chi connectivity index (χ0) is 19.0. The van der Waals surface area contributed by atoms with E-state index in [1.807, 2.05) is 11.0 Å². The van der Waals surface area contributed by atoms with Gasteiger partial charge in [-0.2, -0.15) is 5.26 Å². The number of amides is 1. The summed E-state index contributed by atoms with van der Waals surface area (Å²) in [5.41, 5.74) is 3.88. The molecule has 1 aromatic carbocycles. The molecule has 0 N–H and O–H groups in total. The van der Waals surface area contributed by atoms with E-state index in [1.165, 1.54) is 12.0 Å². The summed E-state index contributed by atoms with van der Waals surface area (Å²) in [6.45, 7) is 7.21. The molecule has 4 rings (SSSR count). The maximum atomic E-state index is 12.6. The Kier molecular flexibility index (Phi) is 4.73. The molecule has 1 aliphatic heterocycles. The number of hydrogen-bond donors (Lipinski definition) is 0. The monoisotopic (exact) mass is 362 g/mol. The molecule has 1 aromatic heterocycles. The van der Waals surface area contributed by atoms with Crippen LogP contribution in [0.3, 0.4) is 0 Å². The van der Waals surface area contributed by atoms with Gasteiger partial charge in [-0.1, -0.05) is 12.5 Å². The molecule has 2 fully saturated rings. The molecule has 0 unspecified atom stereocenters. The van der Waals surface area contributed by atoms with Gasteiger partial charge in [0.1, 0.15) is 11.9 Å². The Morgan fingerprint density at radius 2 is 1.93 bits per heavy atom. The zero-order valence-corrected chi connectivity index (χ0v) is 16.2. The molecule has 1 amide bonds. The van der Waals surface area contributed by atoms with E-state index in [0.29, 0.717) is 18.0 Å². The van der Waals surface area contributed by atoms with Crippen LogP contribution in [-0.4, -0.2) is 42.0 Å². The molecule has 140 valence electrons. The van der Waals surface area contributed by atoms with Gasteiger partial charge in [0.15, 0.2) is 0 Å². The Labute approximate surface area is 160 Å². The Balaban J connectivity index is 1.61. The number of anilines is 1. The van der Waals surface area contributed by atoms with E-state index in [2.05, 4.69) is 36.9 Å². The molecule has 1 aliphatic carbocycles. The highest BCUT2D eigenvalue weighted by Crippen LogP contribution is 2.30. The smallest absolute Gasteiger partial charge is 0.225 e. The van der Waals surface area contributed by atoms with E-state index in [1.54, 1.807) is 0 Å². The van der Waals surface area contributed by atoms with Crippen LogP contribution in [0.15, 0.2) is 18.2 Å². The first-order chi connectivity index (χ1) is 13.1. The lowest BCUT2D eigenvalue weighted by Crippen LogP contribution is -2.41. The molecule has 1 saturated carbocycles. The van der Waals surface area contributed by atoms with Crippen LogP contribution in [0, 0.1) is 31.1 Å². The first kappa shape index (κ1) is 17.8. The highest BCUT2D eigenvalue weighted by molar-refractivity contribution is 5.86. The number of aryl methyl sites for hydroxylation is 2. The van der Waals surface area contributed by atoms with Crippen LogP contribution in [0.25, 0.3) is 10.9 Å². The summed E-state index contributed by atoms with van der Waals surface area (Å²) in [5, 5.41) is 10.7. The minimum Gasteiger partial charge on any atom is -0.354 e. The summed E-state index contributed by atoms with van der Waals surface area (Å²) >= 11 is 0. The van der Waals surface area contributed by atoms with Crippen LogP contribution in [0.1, 0.15) is 42.4 Å². The number of nitrogens with zero attached hydrogens (tertiary/aromatic N) is 4. The lowest BCUT2D eigenvalue weighted by atomic mass is 9.84. The van der Waals surface area contributed by atoms with Crippen molar-refractivity contribution in [3.05, 3.63) is 34.9 Å². The third kappa shape index (κ3) is 3.37. The van der Waals surface area contributed by atoms with Crippen LogP contribution >= 0.6 is 0 Å². The van der Waals surface area contributed by atoms with Crippen molar-refractivity contribution >= 4 is 22.6 Å². The van der Waals surface area contributed by atoms with E-state index < -0.39 is 0 Å². The van der Waals surface area contributed by atoms with Crippen molar-refractivity contribution in [2.24, 2.45) is 5.92 Å². The van der Waals surface area contributed by atoms with E-state index in [0.717, 1.165) is 61.2 Å². The fourth-order valence-corrected chi connectivity index (χ4v) is 4.21. The van der Waals surface area contributed by atoms with Crippen molar-refractivity contribution < 1.29 is 4.79 Å². The first-order valence-electron chi connectivity index (χ1n) is 9.92. The summed E-state index contributed by atoms with van der Waals surface area (Å²) in [6.07, 6.45) is 4.18. The van der Waals surface area contributed by atoms with E-state index in [4.69, 9.17) is 4.98 Å². The van der Waals surface area contributed by atoms with Crippen molar-refractivity contribution in [1.29, 1.82) is 5.26 Å². The highest BCUT2D eigenvalue weighted by atomic mass is 16.2. The summed E-state index contributed by atoms with van der Waals surface area (Å²) in [6, 6.07) is 8.51. The van der Waals surface area contributed by atoms with Gasteiger partial charge in [0, 0.05) is 37.5 Å². The number of carbonyl (C=O) groups excluding carboxylic acids is 1. The quantitative estimate of drug-likeness (QED) is 0.819. The number of fused-ring (bicyclic) bond motifs is 1. The number of hydrogen-bond acceptors (Lipinski definition) is 4. The van der Waals surface area contributed by atoms with Gasteiger partial charge in [0.2, 0.25) is 5.91 Å². The van der Waals surface area contributed by atoms with Gasteiger partial charge in [-0.3, -0.25) is 4.79 Å². The molecular weight excluding hydrogens is 336 g/mol. The number of nitriles is 1. The molecule has 27 heavy (non-hydrogen) atoms. The average molecular weight is 362 g/mol. The standard InChI is InChI=1S/C22H26N4O/c1-15-11-16(2)19-13-18(14-23)21(24-20(19)12-15)25-7-4-8-26(10-9-25)22(27)17-5-3-6-17/h11-13,17H,3-10H2,1-2H3. The highest BCUT2D eigenvalue weighted by Gasteiger charge is 2.30. The fraction of sp³-hybridized carbons (Fsp3) is 0.500. The Hall–Kier alpha value is -2.61. The summed E-state index contributed by atoms with van der Waals surface area (Å²) in [7, 11) is 0. The van der Waals surface area contributed by atoms with Gasteiger partial charge in [-0.25, -0.2) is 4.98 Å². The van der Waals surface area contributed by atoms with Gasteiger partial charge in [0.05, 0.1) is 11.1 Å². The molecule has 1 saturated heterocycles. The fourth-order valence-electron chi connectivity index (χ4n) is 4.21. The van der Waals surface area contributed by atoms with E-state index in [9.17, 15) is 10.1 Å². The van der Waals surface area contributed by atoms with E-state index >= 15 is 0 Å². The van der Waals surface area contributed by atoms with Crippen molar-refractivity contribution in [1.82, 2.24) is 9.88 Å². The third-order valence-electron chi connectivity index (χ3n) is 5.95. The van der Waals surface area contributed by atoms with Crippen molar-refractivity contribution in [2.45, 2.75) is 39.5 Å². The van der Waals surface area contributed by atoms with Gasteiger partial charge in [0.25, 0.3) is 0 Å². The van der Waals surface area contributed by atoms with Gasteiger partial charge < -0.3 is 9.80 Å². The second-order valence-corrected chi connectivity index (χ2v) is 7.91. The van der Waals surface area contributed by atoms with E-state index in [-0.39, 0.29) is 5.92 Å². The van der Waals surface area contributed by atoms with Crippen LogP contribution in [0.4, 0.5) is 5.82 Å². The largest absolute Gasteiger partial charge is 0.354 e. The Bertz CT molecular complexity index is 926. The number of aromatic nitrogens is 1. The zero-order valence-electron chi connectivity index (χ0n) is 16.2. The Morgan fingerprint density at radius 3 is 2.63 bits per heavy atom. The van der Waals surface area contributed by atoms with Crippen molar-refractivity contribution in [2.75, 3.05) is 31.1 Å². The molecule has 5 nitrogen and oxygen atoms in total. The maximum absolute atomic E-state index is 12.6. The van der Waals surface area contributed by atoms with Gasteiger partial charge in [-0.05, 0) is 56.4 Å². The summed E-state index contributed by atoms with van der Waals surface area (Å²) in [5.74, 6) is 1.32. The minimum atomic E-state index is 0.246. The second-order valence-electron chi connectivity index (χ2n) is 7.91. The molecule has 0 bridgehead atoms. The first-order valence-corrected chi connectivity index (χ1v) is 9.92. The van der Waals surface area contributed by atoms with Crippen LogP contribution in [0.2, 0.25) is 0 Å². The molecule has 2 aromatic rings. The number of benzene rings is 1. The Morgan fingerprint density at radius 1 is 1.11 bits per heavy atom. The van der Waals surface area contributed by atoms with Crippen molar-refractivity contribution in [3.8, 4) is 6.07 Å². The maximum Gasteiger partial charge on any atom is 0.225 e. The lowest BCUT2D eigenvalue weighted by molar-refractivity contribution is -0.137. The molecule has 0 radical (unpaired) electrons. The minimum absolute atomic E-state index is 0.246. The molecule has 2 aliphatic rings. The second kappa shape index (κ2) is 7.19. The SMILES string of the molecule is Cc1cc(C)c2cc(C#N)c(N3CCCN(C(=O)C4CCC4)CC3)nc2c1. The molecular formula is C22H26N4O. The van der Waals surface area contributed by atoms with Gasteiger partial charge in [-0.15, -0.1) is 0 Å². The predicted octanol–water partition coefficient (Wildman–Crippen LogP) is 3.56. The molecule has 2 heterocycles. The normalized spacial score (nSPS) is 18.1. The number of pyridine rings is 1. The average Bonchev–Trinajstić information content (AvgIpc) is 2.85. The van der Waals surface area contributed by atoms with Crippen molar-refractivity contribution in [3.63, 3.8) is 0 Å². The van der Waals surface area contributed by atoms with Gasteiger partial charge >= 0.3 is 0 Å². The summed E-state index contributed by atoms with van der Waals surface area (Å²) in [4.78, 5) is 21.7. The van der Waals surface area contributed by atoms with Crippen LogP contribution < -0.4 is 4.90 Å². The third-order valence-corrected chi connectivity index (χ3v) is 5.95. The predicted molar refractivity (Wildman–Crippen MR) is 107 cm³/mol. The van der Waals surface area contributed by atoms with Crippen LogP contribution in [-0.2, 0) is 4.79 Å². The number of carbonyl (C=O) groups is 1. The topological polar surface area (TPSA) is 60.2 Å². The lowest BCUT2D eigenvalue weighted by Gasteiger charge is -2.31. The summed E-state index contributed by atoms with van der Waals surface area (Å²) < 4.78 is 0.